The van der Waals surface area contributed by atoms with Gasteiger partial charge in [-0.15, -0.1) is 0 Å². The molecule has 0 radical (unpaired) electrons. The fourth-order valence-electron chi connectivity index (χ4n) is 3.28. The van der Waals surface area contributed by atoms with Crippen molar-refractivity contribution in [1.29, 1.82) is 0 Å². The Kier molecular flexibility index (Phi) is 4.56. The summed E-state index contributed by atoms with van der Waals surface area (Å²) in [6.07, 6.45) is 0. The van der Waals surface area contributed by atoms with Gasteiger partial charge in [0.2, 0.25) is 10.0 Å². The van der Waals surface area contributed by atoms with Gasteiger partial charge in [0.05, 0.1) is 4.90 Å². The molecule has 2 unspecified atom stereocenters. The molecule has 0 aromatic heterocycles. The zero-order valence-corrected chi connectivity index (χ0v) is 14.7. The Bertz CT molecular complexity index is 846. The molecule has 0 amide bonds. The van der Waals surface area contributed by atoms with Gasteiger partial charge in [-0.1, -0.05) is 49.4 Å². The van der Waals surface area contributed by atoms with E-state index < -0.39 is 10.0 Å². The van der Waals surface area contributed by atoms with Crippen LogP contribution in [0.5, 0.6) is 0 Å². The molecule has 2 atom stereocenters. The maximum Gasteiger partial charge on any atom is 0.243 e. The molecule has 0 N–H and O–H groups in total. The molecule has 3 rings (SSSR count). The van der Waals surface area contributed by atoms with Crippen LogP contribution in [-0.4, -0.2) is 31.6 Å². The quantitative estimate of drug-likeness (QED) is 0.800. The summed E-state index contributed by atoms with van der Waals surface area (Å²) in [7, 11) is -3.59. The molecule has 0 spiro atoms. The number of carbonyl (C=O) groups is 1. The maximum atomic E-state index is 12.9. The minimum absolute atomic E-state index is 0.135. The topological polar surface area (TPSA) is 54.5 Å². The molecule has 4 nitrogen and oxygen atoms in total. The molecule has 24 heavy (non-hydrogen) atoms. The molecule has 5 heteroatoms. The van der Waals surface area contributed by atoms with Crippen molar-refractivity contribution in [3.63, 3.8) is 0 Å². The third-order valence-electron chi connectivity index (χ3n) is 4.68. The number of rotatable bonds is 4. The van der Waals surface area contributed by atoms with Crippen molar-refractivity contribution in [3.05, 3.63) is 65.7 Å². The summed E-state index contributed by atoms with van der Waals surface area (Å²) in [4.78, 5) is 11.7. The average Bonchev–Trinajstić information content (AvgIpc) is 2.98. The van der Waals surface area contributed by atoms with Gasteiger partial charge in [0.1, 0.15) is 0 Å². The van der Waals surface area contributed by atoms with E-state index in [1.165, 1.54) is 22.9 Å². The second-order valence-corrected chi connectivity index (χ2v) is 8.34. The highest BCUT2D eigenvalue weighted by Gasteiger charge is 2.37. The smallest absolute Gasteiger partial charge is 0.243 e. The minimum Gasteiger partial charge on any atom is -0.295 e. The first kappa shape index (κ1) is 16.9. The van der Waals surface area contributed by atoms with E-state index >= 15 is 0 Å². The van der Waals surface area contributed by atoms with Crippen molar-refractivity contribution < 1.29 is 13.2 Å². The Morgan fingerprint density at radius 2 is 1.75 bits per heavy atom. The van der Waals surface area contributed by atoms with Gasteiger partial charge in [0.15, 0.2) is 5.78 Å². The summed E-state index contributed by atoms with van der Waals surface area (Å²) < 4.78 is 27.4. The van der Waals surface area contributed by atoms with Crippen molar-refractivity contribution in [2.45, 2.75) is 24.7 Å². The highest BCUT2D eigenvalue weighted by atomic mass is 32.2. The van der Waals surface area contributed by atoms with Crippen molar-refractivity contribution >= 4 is 15.8 Å². The van der Waals surface area contributed by atoms with Crippen LogP contribution in [0.3, 0.4) is 0 Å². The third-order valence-corrected chi connectivity index (χ3v) is 6.51. The number of Topliss-reactive ketones (excluding diaryl/α,β-unsaturated/α-hetero) is 1. The first-order valence-corrected chi connectivity index (χ1v) is 9.49. The van der Waals surface area contributed by atoms with Crippen LogP contribution in [-0.2, 0) is 10.0 Å². The van der Waals surface area contributed by atoms with E-state index in [9.17, 15) is 13.2 Å². The fraction of sp³-hybridized carbons (Fsp3) is 0.316. The standard InChI is InChI=1S/C19H21NO3S/c1-14-12-20(13-19(14)16-7-4-3-5-8-16)24(22,23)18-10-6-9-17(11-18)15(2)21/h3-11,14,19H,12-13H2,1-2H3. The highest BCUT2D eigenvalue weighted by molar-refractivity contribution is 7.89. The predicted molar refractivity (Wildman–Crippen MR) is 93.6 cm³/mol. The summed E-state index contributed by atoms with van der Waals surface area (Å²) in [6, 6.07) is 16.3. The van der Waals surface area contributed by atoms with E-state index in [1.54, 1.807) is 18.2 Å². The number of nitrogens with zero attached hydrogens (tertiary/aromatic N) is 1. The number of carbonyl (C=O) groups excluding carboxylic acids is 1. The molecule has 126 valence electrons. The molecular weight excluding hydrogens is 322 g/mol. The van der Waals surface area contributed by atoms with Crippen LogP contribution < -0.4 is 0 Å². The van der Waals surface area contributed by atoms with E-state index in [2.05, 4.69) is 6.92 Å². The molecule has 1 saturated heterocycles. The van der Waals surface area contributed by atoms with Gasteiger partial charge < -0.3 is 0 Å². The molecule has 0 aliphatic carbocycles. The van der Waals surface area contributed by atoms with Gasteiger partial charge in [-0.25, -0.2) is 8.42 Å². The molecule has 2 aromatic rings. The maximum absolute atomic E-state index is 12.9. The van der Waals surface area contributed by atoms with Gasteiger partial charge in [-0.05, 0) is 30.5 Å². The van der Waals surface area contributed by atoms with Crippen molar-refractivity contribution in [2.24, 2.45) is 5.92 Å². The van der Waals surface area contributed by atoms with Crippen LogP contribution in [0, 0.1) is 5.92 Å². The summed E-state index contributed by atoms with van der Waals surface area (Å²) in [5, 5.41) is 0. The van der Waals surface area contributed by atoms with Gasteiger partial charge in [0.25, 0.3) is 0 Å². The largest absolute Gasteiger partial charge is 0.295 e. The molecule has 0 saturated carbocycles. The molecule has 1 heterocycles. The fourth-order valence-corrected chi connectivity index (χ4v) is 4.89. The Morgan fingerprint density at radius 1 is 1.04 bits per heavy atom. The van der Waals surface area contributed by atoms with E-state index in [0.29, 0.717) is 18.7 Å². The molecular formula is C19H21NO3S. The molecule has 0 bridgehead atoms. The number of hydrogen-bond donors (Lipinski definition) is 0. The highest BCUT2D eigenvalue weighted by Crippen LogP contribution is 2.35. The summed E-state index contributed by atoms with van der Waals surface area (Å²) in [5.74, 6) is 0.305. The Balaban J connectivity index is 1.89. The lowest BCUT2D eigenvalue weighted by Crippen LogP contribution is -2.29. The van der Waals surface area contributed by atoms with Crippen LogP contribution in [0.1, 0.15) is 35.7 Å². The third kappa shape index (κ3) is 3.14. The summed E-state index contributed by atoms with van der Waals surface area (Å²) >= 11 is 0. The van der Waals surface area contributed by atoms with E-state index in [4.69, 9.17) is 0 Å². The zero-order chi connectivity index (χ0) is 17.3. The second kappa shape index (κ2) is 6.49. The van der Waals surface area contributed by atoms with E-state index in [-0.39, 0.29) is 22.5 Å². The Morgan fingerprint density at radius 3 is 2.42 bits per heavy atom. The number of benzene rings is 2. The van der Waals surface area contributed by atoms with Crippen LogP contribution in [0.25, 0.3) is 0 Å². The normalized spacial score (nSPS) is 21.8. The average molecular weight is 343 g/mol. The van der Waals surface area contributed by atoms with Gasteiger partial charge in [-0.3, -0.25) is 4.79 Å². The first-order chi connectivity index (χ1) is 11.4. The first-order valence-electron chi connectivity index (χ1n) is 8.05. The van der Waals surface area contributed by atoms with Gasteiger partial charge in [0, 0.05) is 24.6 Å². The van der Waals surface area contributed by atoms with Gasteiger partial charge >= 0.3 is 0 Å². The molecule has 1 fully saturated rings. The van der Waals surface area contributed by atoms with Crippen molar-refractivity contribution in [1.82, 2.24) is 4.31 Å². The molecule has 1 aliphatic heterocycles. The lowest BCUT2D eigenvalue weighted by Gasteiger charge is -2.17. The van der Waals surface area contributed by atoms with Crippen molar-refractivity contribution in [3.8, 4) is 0 Å². The van der Waals surface area contributed by atoms with Crippen LogP contribution >= 0.6 is 0 Å². The number of ketones is 1. The zero-order valence-electron chi connectivity index (χ0n) is 13.8. The number of hydrogen-bond acceptors (Lipinski definition) is 3. The van der Waals surface area contributed by atoms with E-state index in [1.807, 2.05) is 30.3 Å². The lowest BCUT2D eigenvalue weighted by atomic mass is 9.90. The monoisotopic (exact) mass is 343 g/mol. The minimum atomic E-state index is -3.59. The summed E-state index contributed by atoms with van der Waals surface area (Å²) in [6.45, 7) is 4.48. The Hall–Kier alpha value is -1.98. The Labute approximate surface area is 143 Å². The lowest BCUT2D eigenvalue weighted by molar-refractivity contribution is 0.101. The predicted octanol–water partition coefficient (Wildman–Crippen LogP) is 3.31. The number of sulfonamides is 1. The molecule has 2 aromatic carbocycles. The summed E-state index contributed by atoms with van der Waals surface area (Å²) in [5.41, 5.74) is 1.59. The van der Waals surface area contributed by atoms with Crippen LogP contribution in [0.15, 0.2) is 59.5 Å². The molecule has 1 aliphatic rings. The van der Waals surface area contributed by atoms with Crippen LogP contribution in [0.4, 0.5) is 0 Å². The SMILES string of the molecule is CC(=O)c1cccc(S(=O)(=O)N2CC(C)C(c3ccccc3)C2)c1. The van der Waals surface area contributed by atoms with E-state index in [0.717, 1.165) is 0 Å². The van der Waals surface area contributed by atoms with Crippen molar-refractivity contribution in [2.75, 3.05) is 13.1 Å². The van der Waals surface area contributed by atoms with Crippen LogP contribution in [0.2, 0.25) is 0 Å². The van der Waals surface area contributed by atoms with Gasteiger partial charge in [-0.2, -0.15) is 4.31 Å². The second-order valence-electron chi connectivity index (χ2n) is 6.40.